The summed E-state index contributed by atoms with van der Waals surface area (Å²) >= 11 is 3.17. The largest absolute Gasteiger partial charge is 0.444 e. The predicted octanol–water partition coefficient (Wildman–Crippen LogP) is 3.11. The highest BCUT2D eigenvalue weighted by Crippen LogP contribution is 2.26. The number of nitrogens with zero attached hydrogens (tertiary/aromatic N) is 2. The number of anilines is 1. The number of H-pyrrole nitrogens is 1. The molecule has 8 nitrogen and oxygen atoms in total. The number of likely N-dealkylation sites (tertiary alicyclic amines) is 1. The van der Waals surface area contributed by atoms with Gasteiger partial charge >= 0.3 is 6.09 Å². The fourth-order valence-electron chi connectivity index (χ4n) is 2.91. The van der Waals surface area contributed by atoms with Crippen LogP contribution in [0.25, 0.3) is 0 Å². The molecule has 0 aliphatic carbocycles. The number of ketones is 1. The molecule has 2 amide bonds. The van der Waals surface area contributed by atoms with E-state index >= 15 is 0 Å². The third-order valence-electron chi connectivity index (χ3n) is 4.11. The molecule has 144 valence electrons. The minimum absolute atomic E-state index is 0.112. The first-order chi connectivity index (χ1) is 12.0. The standard InChI is InChI=1S/C17H25BrN4O4/c1-10-7-11(5-6-22(10)16(25)26-17(2,3)4)12(23)8-15(24)19-14-9-13(18)20-21-14/h9-11H,5-8H2,1-4H3,(H2,19,20,21,24)/t10-,11?/m1/s1. The minimum Gasteiger partial charge on any atom is -0.444 e. The number of ether oxygens (including phenoxy) is 1. The molecule has 1 aliphatic rings. The van der Waals surface area contributed by atoms with E-state index in [1.807, 2.05) is 27.7 Å². The van der Waals surface area contributed by atoms with E-state index in [2.05, 4.69) is 31.4 Å². The molecule has 2 atom stereocenters. The zero-order chi connectivity index (χ0) is 19.5. The third-order valence-corrected chi connectivity index (χ3v) is 4.52. The van der Waals surface area contributed by atoms with Crippen molar-refractivity contribution in [1.82, 2.24) is 15.1 Å². The van der Waals surface area contributed by atoms with Gasteiger partial charge in [-0.25, -0.2) is 4.79 Å². The van der Waals surface area contributed by atoms with E-state index in [1.165, 1.54) is 0 Å². The van der Waals surface area contributed by atoms with Gasteiger partial charge < -0.3 is 15.0 Å². The quantitative estimate of drug-likeness (QED) is 0.716. The second kappa shape index (κ2) is 8.20. The van der Waals surface area contributed by atoms with Gasteiger partial charge in [0.15, 0.2) is 0 Å². The van der Waals surface area contributed by atoms with Crippen molar-refractivity contribution in [3.05, 3.63) is 10.7 Å². The number of hydrogen-bond acceptors (Lipinski definition) is 5. The molecule has 26 heavy (non-hydrogen) atoms. The van der Waals surface area contributed by atoms with Gasteiger partial charge in [0.25, 0.3) is 0 Å². The van der Waals surface area contributed by atoms with E-state index in [9.17, 15) is 14.4 Å². The number of nitrogens with one attached hydrogen (secondary N) is 2. The molecule has 1 fully saturated rings. The highest BCUT2D eigenvalue weighted by atomic mass is 79.9. The number of halogens is 1. The maximum absolute atomic E-state index is 12.4. The summed E-state index contributed by atoms with van der Waals surface area (Å²) in [6.07, 6.45) is 0.505. The molecule has 0 saturated carbocycles. The van der Waals surface area contributed by atoms with Crippen LogP contribution in [0, 0.1) is 5.92 Å². The van der Waals surface area contributed by atoms with E-state index in [0.29, 0.717) is 29.8 Å². The van der Waals surface area contributed by atoms with Gasteiger partial charge in [-0.05, 0) is 56.5 Å². The lowest BCUT2D eigenvalue weighted by Crippen LogP contribution is -2.48. The van der Waals surface area contributed by atoms with Crippen LogP contribution in [0.1, 0.15) is 47.0 Å². The molecule has 2 rings (SSSR count). The van der Waals surface area contributed by atoms with Crippen molar-refractivity contribution in [2.75, 3.05) is 11.9 Å². The Hall–Kier alpha value is -1.90. The lowest BCUT2D eigenvalue weighted by Gasteiger charge is -2.37. The molecule has 1 unspecified atom stereocenters. The van der Waals surface area contributed by atoms with Gasteiger partial charge in [0, 0.05) is 24.6 Å². The first-order valence-electron chi connectivity index (χ1n) is 8.58. The number of hydrogen-bond donors (Lipinski definition) is 2. The lowest BCUT2D eigenvalue weighted by molar-refractivity contribution is -0.129. The van der Waals surface area contributed by atoms with E-state index in [0.717, 1.165) is 0 Å². The predicted molar refractivity (Wildman–Crippen MR) is 99.7 cm³/mol. The van der Waals surface area contributed by atoms with Gasteiger partial charge in [-0.3, -0.25) is 14.7 Å². The van der Waals surface area contributed by atoms with Crippen molar-refractivity contribution in [2.45, 2.75) is 58.6 Å². The zero-order valence-electron chi connectivity index (χ0n) is 15.5. The molecular weight excluding hydrogens is 404 g/mol. The van der Waals surface area contributed by atoms with E-state index in [4.69, 9.17) is 4.74 Å². The Morgan fingerprint density at radius 2 is 2.12 bits per heavy atom. The molecule has 1 aromatic heterocycles. The third kappa shape index (κ3) is 5.82. The average molecular weight is 429 g/mol. The van der Waals surface area contributed by atoms with Gasteiger partial charge in [0.2, 0.25) is 5.91 Å². The SMILES string of the molecule is C[C@@H]1CC(C(=O)CC(=O)Nc2cc(Br)n[nH]2)CCN1C(=O)OC(C)(C)C. The number of piperidine rings is 1. The van der Waals surface area contributed by atoms with Crippen LogP contribution >= 0.6 is 15.9 Å². The zero-order valence-corrected chi connectivity index (χ0v) is 17.1. The molecule has 2 heterocycles. The summed E-state index contributed by atoms with van der Waals surface area (Å²) in [6.45, 7) is 7.81. The summed E-state index contributed by atoms with van der Waals surface area (Å²) in [5.74, 6) is -0.295. The summed E-state index contributed by atoms with van der Waals surface area (Å²) in [4.78, 5) is 38.3. The molecule has 1 saturated heterocycles. The summed E-state index contributed by atoms with van der Waals surface area (Å²) < 4.78 is 5.97. The Morgan fingerprint density at radius 1 is 1.42 bits per heavy atom. The summed E-state index contributed by atoms with van der Waals surface area (Å²) in [5.41, 5.74) is -0.552. The van der Waals surface area contributed by atoms with Gasteiger partial charge in [0.1, 0.15) is 21.8 Å². The summed E-state index contributed by atoms with van der Waals surface area (Å²) in [5, 5.41) is 9.08. The van der Waals surface area contributed by atoms with E-state index in [1.54, 1.807) is 11.0 Å². The van der Waals surface area contributed by atoms with Crippen LogP contribution in [0.15, 0.2) is 10.7 Å². The number of Topliss-reactive ketones (excluding diaryl/α,β-unsaturated/α-hetero) is 1. The van der Waals surface area contributed by atoms with Crippen molar-refractivity contribution < 1.29 is 19.1 Å². The smallest absolute Gasteiger partial charge is 0.410 e. The van der Waals surface area contributed by atoms with Gasteiger partial charge in [-0.1, -0.05) is 0 Å². The number of rotatable bonds is 4. The van der Waals surface area contributed by atoms with Crippen molar-refractivity contribution in [3.63, 3.8) is 0 Å². The Balaban J connectivity index is 1.84. The maximum atomic E-state index is 12.4. The number of amides is 2. The number of carbonyl (C=O) groups excluding carboxylic acids is 3. The molecule has 1 aromatic rings. The number of aromatic amines is 1. The first-order valence-corrected chi connectivity index (χ1v) is 9.37. The molecule has 0 aromatic carbocycles. The van der Waals surface area contributed by atoms with Crippen LogP contribution in [-0.2, 0) is 14.3 Å². The Kier molecular flexibility index (Phi) is 6.44. The van der Waals surface area contributed by atoms with Crippen molar-refractivity contribution in [1.29, 1.82) is 0 Å². The minimum atomic E-state index is -0.552. The van der Waals surface area contributed by atoms with Crippen LogP contribution in [0.2, 0.25) is 0 Å². The highest BCUT2D eigenvalue weighted by molar-refractivity contribution is 9.10. The van der Waals surface area contributed by atoms with Crippen LogP contribution in [0.4, 0.5) is 10.6 Å². The monoisotopic (exact) mass is 428 g/mol. The molecule has 0 bridgehead atoms. The Bertz CT molecular complexity index is 683. The van der Waals surface area contributed by atoms with Crippen LogP contribution in [0.5, 0.6) is 0 Å². The van der Waals surface area contributed by atoms with Crippen LogP contribution in [0.3, 0.4) is 0 Å². The number of carbonyl (C=O) groups is 3. The summed E-state index contributed by atoms with van der Waals surface area (Å²) in [7, 11) is 0. The second-order valence-electron chi connectivity index (χ2n) is 7.54. The van der Waals surface area contributed by atoms with Gasteiger partial charge in [-0.2, -0.15) is 5.10 Å². The van der Waals surface area contributed by atoms with E-state index < -0.39 is 5.60 Å². The maximum Gasteiger partial charge on any atom is 0.410 e. The number of aromatic nitrogens is 2. The fourth-order valence-corrected chi connectivity index (χ4v) is 3.23. The molecule has 9 heteroatoms. The summed E-state index contributed by atoms with van der Waals surface area (Å²) in [6, 6.07) is 1.50. The van der Waals surface area contributed by atoms with Gasteiger partial charge in [-0.15, -0.1) is 0 Å². The molecule has 2 N–H and O–H groups in total. The first kappa shape index (κ1) is 20.4. The van der Waals surface area contributed by atoms with Crippen LogP contribution < -0.4 is 5.32 Å². The topological polar surface area (TPSA) is 104 Å². The van der Waals surface area contributed by atoms with Crippen molar-refractivity contribution in [2.24, 2.45) is 5.92 Å². The lowest BCUT2D eigenvalue weighted by atomic mass is 9.87. The van der Waals surface area contributed by atoms with Crippen molar-refractivity contribution in [3.8, 4) is 0 Å². The average Bonchev–Trinajstić information content (AvgIpc) is 2.89. The van der Waals surface area contributed by atoms with Gasteiger partial charge in [0.05, 0.1) is 6.42 Å². The fraction of sp³-hybridized carbons (Fsp3) is 0.647. The second-order valence-corrected chi connectivity index (χ2v) is 8.35. The van der Waals surface area contributed by atoms with E-state index in [-0.39, 0.29) is 36.2 Å². The van der Waals surface area contributed by atoms with Crippen LogP contribution in [-0.4, -0.2) is 51.1 Å². The Morgan fingerprint density at radius 3 is 2.65 bits per heavy atom. The molecule has 1 aliphatic heterocycles. The molecule has 0 spiro atoms. The molecular formula is C17H25BrN4O4. The Labute approximate surface area is 161 Å². The normalized spacial score (nSPS) is 20.6. The molecule has 0 radical (unpaired) electrons. The highest BCUT2D eigenvalue weighted by Gasteiger charge is 2.34. The van der Waals surface area contributed by atoms with Crippen molar-refractivity contribution >= 4 is 39.5 Å².